The average molecular weight is 411 g/mol. The molecule has 3 N–H and O–H groups in total. The quantitative estimate of drug-likeness (QED) is 0.423. The van der Waals surface area contributed by atoms with E-state index in [0.29, 0.717) is 11.3 Å². The molecule has 1 unspecified atom stereocenters. The number of thioether (sulfide) groups is 1. The summed E-state index contributed by atoms with van der Waals surface area (Å²) >= 11 is 5.91. The Balaban J connectivity index is 2.18. The van der Waals surface area contributed by atoms with Crippen LogP contribution in [0.1, 0.15) is 12.0 Å². The molecule has 1 saturated heterocycles. The molecule has 1 aliphatic rings. The third-order valence-corrected chi connectivity index (χ3v) is 4.66. The largest absolute Gasteiger partial charge is 0.482 e. The lowest BCUT2D eigenvalue weighted by Gasteiger charge is -2.21. The molecular formula is C16H13NO8S2. The Kier molecular flexibility index (Phi) is 6.53. The van der Waals surface area contributed by atoms with Gasteiger partial charge in [0.25, 0.3) is 5.91 Å². The minimum absolute atomic E-state index is 0.0405. The number of hydrogen-bond donors (Lipinski definition) is 3. The Morgan fingerprint density at radius 2 is 1.78 bits per heavy atom. The van der Waals surface area contributed by atoms with Crippen LogP contribution in [0, 0.1) is 0 Å². The van der Waals surface area contributed by atoms with Crippen LogP contribution in [0.4, 0.5) is 0 Å². The summed E-state index contributed by atoms with van der Waals surface area (Å²) in [7, 11) is 0. The van der Waals surface area contributed by atoms with Crippen LogP contribution in [0.3, 0.4) is 0 Å². The minimum Gasteiger partial charge on any atom is -0.482 e. The van der Waals surface area contributed by atoms with Crippen LogP contribution >= 0.6 is 24.0 Å². The van der Waals surface area contributed by atoms with E-state index in [1.807, 2.05) is 0 Å². The van der Waals surface area contributed by atoms with E-state index >= 15 is 0 Å². The number of thiocarbonyl (C=S) groups is 1. The van der Waals surface area contributed by atoms with Crippen molar-refractivity contribution in [3.05, 3.63) is 34.7 Å². The van der Waals surface area contributed by atoms with Crippen LogP contribution in [0.25, 0.3) is 6.08 Å². The van der Waals surface area contributed by atoms with Gasteiger partial charge in [0.2, 0.25) is 0 Å². The number of ether oxygens (including phenoxy) is 1. The fourth-order valence-corrected chi connectivity index (χ4v) is 3.52. The number of hydrogen-bond acceptors (Lipinski definition) is 7. The first-order valence-electron chi connectivity index (χ1n) is 7.35. The summed E-state index contributed by atoms with van der Waals surface area (Å²) < 4.78 is 4.96. The van der Waals surface area contributed by atoms with Gasteiger partial charge in [-0.05, 0) is 23.8 Å². The predicted molar refractivity (Wildman–Crippen MR) is 98.3 cm³/mol. The molecule has 1 aromatic carbocycles. The van der Waals surface area contributed by atoms with Gasteiger partial charge in [0.15, 0.2) is 6.61 Å². The average Bonchev–Trinajstić information content (AvgIpc) is 2.85. The normalized spacial score (nSPS) is 16.4. The highest BCUT2D eigenvalue weighted by Crippen LogP contribution is 2.34. The van der Waals surface area contributed by atoms with Gasteiger partial charge in [0.1, 0.15) is 16.1 Å². The van der Waals surface area contributed by atoms with Crippen molar-refractivity contribution in [2.75, 3.05) is 6.61 Å². The number of amides is 1. The van der Waals surface area contributed by atoms with E-state index in [0.717, 1.165) is 16.7 Å². The maximum absolute atomic E-state index is 12.5. The summed E-state index contributed by atoms with van der Waals surface area (Å²) in [5, 5.41) is 26.6. The minimum atomic E-state index is -1.59. The standard InChI is InChI=1S/C16H13NO8S2/c18-12(19)6-10(15(23)24)17-14(22)11(27-16(17)26)5-8-1-3-9(4-2-8)25-7-13(20)21/h1-5,10H,6-7H2,(H,18,19)(H,20,21)(H,23,24)/b11-5-. The lowest BCUT2D eigenvalue weighted by atomic mass is 10.1. The Morgan fingerprint density at radius 1 is 1.15 bits per heavy atom. The molecule has 0 aromatic heterocycles. The summed E-state index contributed by atoms with van der Waals surface area (Å²) in [6.07, 6.45) is 0.699. The van der Waals surface area contributed by atoms with Crippen molar-refractivity contribution in [1.29, 1.82) is 0 Å². The van der Waals surface area contributed by atoms with E-state index in [-0.39, 0.29) is 9.23 Å². The molecule has 0 spiro atoms. The fourth-order valence-electron chi connectivity index (χ4n) is 2.16. The topological polar surface area (TPSA) is 141 Å². The SMILES string of the molecule is O=C(O)COc1ccc(/C=C2\SC(=S)N(C(CC(=O)O)C(=O)O)C2=O)cc1. The van der Waals surface area contributed by atoms with E-state index in [9.17, 15) is 24.3 Å². The van der Waals surface area contributed by atoms with Crippen molar-refractivity contribution in [2.45, 2.75) is 12.5 Å². The molecule has 9 nitrogen and oxygen atoms in total. The molecule has 1 aliphatic heterocycles. The number of rotatable bonds is 8. The van der Waals surface area contributed by atoms with E-state index in [1.54, 1.807) is 12.1 Å². The lowest BCUT2D eigenvalue weighted by Crippen LogP contribution is -2.45. The summed E-state index contributed by atoms with van der Waals surface area (Å²) in [6.45, 7) is -0.488. The molecular weight excluding hydrogens is 398 g/mol. The molecule has 11 heteroatoms. The first-order chi connectivity index (χ1) is 12.7. The van der Waals surface area contributed by atoms with Crippen LogP contribution in [0.15, 0.2) is 29.2 Å². The Labute approximate surface area is 162 Å². The summed E-state index contributed by atoms with van der Waals surface area (Å²) in [6, 6.07) is 4.60. The van der Waals surface area contributed by atoms with Gasteiger partial charge in [-0.3, -0.25) is 14.5 Å². The zero-order chi connectivity index (χ0) is 20.1. The van der Waals surface area contributed by atoms with E-state index in [2.05, 4.69) is 0 Å². The van der Waals surface area contributed by atoms with Gasteiger partial charge in [-0.2, -0.15) is 0 Å². The monoisotopic (exact) mass is 411 g/mol. The van der Waals surface area contributed by atoms with Crippen molar-refractivity contribution in [1.82, 2.24) is 4.90 Å². The summed E-state index contributed by atoms with van der Waals surface area (Å²) in [5.41, 5.74) is 0.572. The van der Waals surface area contributed by atoms with Crippen LogP contribution in [0.5, 0.6) is 5.75 Å². The number of nitrogens with zero attached hydrogens (tertiary/aromatic N) is 1. The highest BCUT2D eigenvalue weighted by molar-refractivity contribution is 8.26. The van der Waals surface area contributed by atoms with Crippen LogP contribution in [0.2, 0.25) is 0 Å². The van der Waals surface area contributed by atoms with Gasteiger partial charge >= 0.3 is 17.9 Å². The number of carbonyl (C=O) groups excluding carboxylic acids is 1. The van der Waals surface area contributed by atoms with Gasteiger partial charge in [-0.1, -0.05) is 36.1 Å². The number of aliphatic carboxylic acids is 3. The molecule has 0 aliphatic carbocycles. The molecule has 0 radical (unpaired) electrons. The van der Waals surface area contributed by atoms with E-state index in [1.165, 1.54) is 18.2 Å². The van der Waals surface area contributed by atoms with E-state index < -0.39 is 42.9 Å². The second-order valence-electron chi connectivity index (χ2n) is 5.26. The molecule has 1 aromatic rings. The third-order valence-electron chi connectivity index (χ3n) is 3.33. The first kappa shape index (κ1) is 20.4. The van der Waals surface area contributed by atoms with Crippen LogP contribution in [-0.2, 0) is 19.2 Å². The smallest absolute Gasteiger partial charge is 0.341 e. The molecule has 0 saturated carbocycles. The Morgan fingerprint density at radius 3 is 2.30 bits per heavy atom. The molecule has 1 atom stereocenters. The van der Waals surface area contributed by atoms with Crippen molar-refractivity contribution in [3.8, 4) is 5.75 Å². The Hall–Kier alpha value is -2.92. The third kappa shape index (κ3) is 5.28. The zero-order valence-corrected chi connectivity index (χ0v) is 15.2. The second kappa shape index (κ2) is 8.64. The van der Waals surface area contributed by atoms with Gasteiger partial charge < -0.3 is 20.1 Å². The number of carbonyl (C=O) groups is 4. The van der Waals surface area contributed by atoms with E-state index in [4.69, 9.17) is 27.2 Å². The van der Waals surface area contributed by atoms with Crippen molar-refractivity contribution in [3.63, 3.8) is 0 Å². The summed E-state index contributed by atoms with van der Waals surface area (Å²) in [5.74, 6) is -4.30. The van der Waals surface area contributed by atoms with Gasteiger partial charge in [0, 0.05) is 0 Å². The first-order valence-corrected chi connectivity index (χ1v) is 8.58. The zero-order valence-electron chi connectivity index (χ0n) is 13.5. The van der Waals surface area contributed by atoms with Gasteiger partial charge in [-0.15, -0.1) is 0 Å². The second-order valence-corrected chi connectivity index (χ2v) is 6.93. The maximum Gasteiger partial charge on any atom is 0.341 e. The van der Waals surface area contributed by atoms with Crippen LogP contribution < -0.4 is 4.74 Å². The van der Waals surface area contributed by atoms with Crippen molar-refractivity contribution < 1.29 is 39.2 Å². The van der Waals surface area contributed by atoms with Gasteiger partial charge in [0.05, 0.1) is 11.3 Å². The maximum atomic E-state index is 12.5. The molecule has 142 valence electrons. The molecule has 0 bridgehead atoms. The Bertz CT molecular complexity index is 833. The summed E-state index contributed by atoms with van der Waals surface area (Å²) in [4.78, 5) is 46.1. The van der Waals surface area contributed by atoms with Crippen molar-refractivity contribution >= 4 is 58.2 Å². The predicted octanol–water partition coefficient (Wildman–Crippen LogP) is 1.28. The number of carboxylic acids is 3. The highest BCUT2D eigenvalue weighted by atomic mass is 32.2. The molecule has 1 heterocycles. The van der Waals surface area contributed by atoms with Crippen LogP contribution in [-0.4, -0.2) is 61.0 Å². The molecule has 2 rings (SSSR count). The van der Waals surface area contributed by atoms with Crippen molar-refractivity contribution in [2.24, 2.45) is 0 Å². The molecule has 27 heavy (non-hydrogen) atoms. The lowest BCUT2D eigenvalue weighted by molar-refractivity contribution is -0.150. The number of benzene rings is 1. The highest BCUT2D eigenvalue weighted by Gasteiger charge is 2.41. The molecule has 1 fully saturated rings. The van der Waals surface area contributed by atoms with Gasteiger partial charge in [-0.25, -0.2) is 9.59 Å². The molecule has 1 amide bonds. The fraction of sp³-hybridized carbons (Fsp3) is 0.188. The number of carboxylic acid groups (broad SMARTS) is 3.